The van der Waals surface area contributed by atoms with E-state index in [4.69, 9.17) is 4.74 Å². The van der Waals surface area contributed by atoms with E-state index in [0.717, 1.165) is 0 Å². The SMILES string of the molecule is C=CCOc1cccc(C(=O)CC(C)=O)c1. The highest BCUT2D eigenvalue weighted by Crippen LogP contribution is 2.14. The summed E-state index contributed by atoms with van der Waals surface area (Å²) in [5.41, 5.74) is 0.497. The zero-order chi connectivity index (χ0) is 12.0. The third kappa shape index (κ3) is 3.69. The molecule has 0 bridgehead atoms. The van der Waals surface area contributed by atoms with Gasteiger partial charge in [-0.15, -0.1) is 0 Å². The molecule has 0 spiro atoms. The summed E-state index contributed by atoms with van der Waals surface area (Å²) in [6, 6.07) is 6.79. The Balaban J connectivity index is 2.76. The zero-order valence-electron chi connectivity index (χ0n) is 9.23. The molecule has 84 valence electrons. The van der Waals surface area contributed by atoms with E-state index in [2.05, 4.69) is 6.58 Å². The lowest BCUT2D eigenvalue weighted by Gasteiger charge is -2.04. The molecule has 0 aliphatic heterocycles. The molecule has 1 aromatic carbocycles. The fourth-order valence-electron chi connectivity index (χ4n) is 1.24. The summed E-state index contributed by atoms with van der Waals surface area (Å²) in [5.74, 6) is 0.285. The average Bonchev–Trinajstić information content (AvgIpc) is 2.26. The van der Waals surface area contributed by atoms with Gasteiger partial charge in [-0.2, -0.15) is 0 Å². The number of rotatable bonds is 6. The summed E-state index contributed by atoms with van der Waals surface area (Å²) >= 11 is 0. The van der Waals surface area contributed by atoms with Crippen LogP contribution in [0.2, 0.25) is 0 Å². The molecule has 0 fully saturated rings. The molecule has 0 saturated carbocycles. The van der Waals surface area contributed by atoms with Crippen molar-refractivity contribution in [2.24, 2.45) is 0 Å². The smallest absolute Gasteiger partial charge is 0.170 e. The molecule has 3 nitrogen and oxygen atoms in total. The van der Waals surface area contributed by atoms with Gasteiger partial charge in [0.2, 0.25) is 0 Å². The average molecular weight is 218 g/mol. The Morgan fingerprint density at radius 1 is 1.44 bits per heavy atom. The van der Waals surface area contributed by atoms with Crippen molar-refractivity contribution in [1.29, 1.82) is 0 Å². The lowest BCUT2D eigenvalue weighted by molar-refractivity contribution is -0.116. The van der Waals surface area contributed by atoms with Crippen LogP contribution in [-0.2, 0) is 4.79 Å². The van der Waals surface area contributed by atoms with Gasteiger partial charge < -0.3 is 4.74 Å². The summed E-state index contributed by atoms with van der Waals surface area (Å²) in [4.78, 5) is 22.4. The molecule has 1 rings (SSSR count). The lowest BCUT2D eigenvalue weighted by Crippen LogP contribution is -2.05. The molecule has 0 heterocycles. The molecule has 0 aliphatic rings. The van der Waals surface area contributed by atoms with Crippen LogP contribution in [0, 0.1) is 0 Å². The van der Waals surface area contributed by atoms with Gasteiger partial charge in [0.15, 0.2) is 5.78 Å². The largest absolute Gasteiger partial charge is 0.490 e. The van der Waals surface area contributed by atoms with Crippen molar-refractivity contribution in [2.45, 2.75) is 13.3 Å². The second-order valence-corrected chi connectivity index (χ2v) is 3.43. The number of hydrogen-bond donors (Lipinski definition) is 0. The summed E-state index contributed by atoms with van der Waals surface area (Å²) in [6.45, 7) is 5.33. The minimum Gasteiger partial charge on any atom is -0.490 e. The van der Waals surface area contributed by atoms with Crippen LogP contribution in [0.25, 0.3) is 0 Å². The lowest BCUT2D eigenvalue weighted by atomic mass is 10.1. The van der Waals surface area contributed by atoms with E-state index in [-0.39, 0.29) is 18.0 Å². The Morgan fingerprint density at radius 2 is 2.19 bits per heavy atom. The van der Waals surface area contributed by atoms with Crippen LogP contribution < -0.4 is 4.74 Å². The van der Waals surface area contributed by atoms with Crippen molar-refractivity contribution in [1.82, 2.24) is 0 Å². The van der Waals surface area contributed by atoms with Gasteiger partial charge in [0.1, 0.15) is 18.1 Å². The van der Waals surface area contributed by atoms with Crippen molar-refractivity contribution in [3.8, 4) is 5.75 Å². The fraction of sp³-hybridized carbons (Fsp3) is 0.231. The molecule has 0 unspecified atom stereocenters. The van der Waals surface area contributed by atoms with Crippen LogP contribution >= 0.6 is 0 Å². The third-order valence-corrected chi connectivity index (χ3v) is 1.93. The van der Waals surface area contributed by atoms with Crippen LogP contribution in [0.5, 0.6) is 5.75 Å². The van der Waals surface area contributed by atoms with Crippen molar-refractivity contribution in [3.05, 3.63) is 42.5 Å². The Bertz CT molecular complexity index is 407. The molecule has 0 amide bonds. The fourth-order valence-corrected chi connectivity index (χ4v) is 1.24. The van der Waals surface area contributed by atoms with E-state index in [0.29, 0.717) is 17.9 Å². The van der Waals surface area contributed by atoms with Gasteiger partial charge in [0.25, 0.3) is 0 Å². The van der Waals surface area contributed by atoms with E-state index in [1.165, 1.54) is 6.92 Å². The van der Waals surface area contributed by atoms with Gasteiger partial charge in [-0.3, -0.25) is 9.59 Å². The number of benzene rings is 1. The number of ether oxygens (including phenoxy) is 1. The second-order valence-electron chi connectivity index (χ2n) is 3.43. The summed E-state index contributed by atoms with van der Waals surface area (Å²) in [7, 11) is 0. The third-order valence-electron chi connectivity index (χ3n) is 1.93. The van der Waals surface area contributed by atoms with Gasteiger partial charge in [-0.05, 0) is 19.1 Å². The standard InChI is InChI=1S/C13H14O3/c1-3-7-16-12-6-4-5-11(9-12)13(15)8-10(2)14/h3-6,9H,1,7-8H2,2H3. The molecule has 1 aromatic rings. The summed E-state index contributed by atoms with van der Waals surface area (Å²) in [5, 5.41) is 0. The molecule has 0 radical (unpaired) electrons. The quantitative estimate of drug-likeness (QED) is 0.418. The van der Waals surface area contributed by atoms with Crippen LogP contribution in [0.1, 0.15) is 23.7 Å². The summed E-state index contributed by atoms with van der Waals surface area (Å²) in [6.07, 6.45) is 1.56. The molecule has 0 saturated heterocycles. The van der Waals surface area contributed by atoms with Gasteiger partial charge in [0.05, 0.1) is 6.42 Å². The molecular weight excluding hydrogens is 204 g/mol. The summed E-state index contributed by atoms with van der Waals surface area (Å²) < 4.78 is 5.30. The van der Waals surface area contributed by atoms with Crippen molar-refractivity contribution >= 4 is 11.6 Å². The van der Waals surface area contributed by atoms with Crippen LogP contribution in [0.4, 0.5) is 0 Å². The van der Waals surface area contributed by atoms with Gasteiger partial charge in [-0.1, -0.05) is 24.8 Å². The molecular formula is C13H14O3. The van der Waals surface area contributed by atoms with Gasteiger partial charge in [0, 0.05) is 5.56 Å². The maximum atomic E-state index is 11.6. The maximum absolute atomic E-state index is 11.6. The number of carbonyl (C=O) groups excluding carboxylic acids is 2. The first-order chi connectivity index (χ1) is 7.63. The maximum Gasteiger partial charge on any atom is 0.170 e. The Kier molecular flexibility index (Phi) is 4.45. The second kappa shape index (κ2) is 5.85. The molecule has 0 aromatic heterocycles. The highest BCUT2D eigenvalue weighted by Gasteiger charge is 2.09. The van der Waals surface area contributed by atoms with Crippen LogP contribution in [0.15, 0.2) is 36.9 Å². The normalized spacial score (nSPS) is 9.56. The highest BCUT2D eigenvalue weighted by molar-refractivity contribution is 6.07. The first-order valence-corrected chi connectivity index (χ1v) is 5.00. The Hall–Kier alpha value is -1.90. The number of hydrogen-bond acceptors (Lipinski definition) is 3. The Morgan fingerprint density at radius 3 is 2.81 bits per heavy atom. The predicted octanol–water partition coefficient (Wildman–Crippen LogP) is 2.41. The molecule has 3 heteroatoms. The van der Waals surface area contributed by atoms with E-state index >= 15 is 0 Å². The monoisotopic (exact) mass is 218 g/mol. The van der Waals surface area contributed by atoms with E-state index in [9.17, 15) is 9.59 Å². The minimum atomic E-state index is -0.184. The van der Waals surface area contributed by atoms with Gasteiger partial charge in [-0.25, -0.2) is 0 Å². The molecule has 0 aliphatic carbocycles. The van der Waals surface area contributed by atoms with Crippen molar-refractivity contribution in [3.63, 3.8) is 0 Å². The minimum absolute atomic E-state index is 0.0646. The first kappa shape index (κ1) is 12.2. The van der Waals surface area contributed by atoms with Crippen molar-refractivity contribution in [2.75, 3.05) is 6.61 Å². The van der Waals surface area contributed by atoms with Crippen LogP contribution in [-0.4, -0.2) is 18.2 Å². The molecule has 16 heavy (non-hydrogen) atoms. The van der Waals surface area contributed by atoms with E-state index < -0.39 is 0 Å². The van der Waals surface area contributed by atoms with Crippen molar-refractivity contribution < 1.29 is 14.3 Å². The molecule has 0 atom stereocenters. The highest BCUT2D eigenvalue weighted by atomic mass is 16.5. The first-order valence-electron chi connectivity index (χ1n) is 5.00. The topological polar surface area (TPSA) is 43.4 Å². The van der Waals surface area contributed by atoms with E-state index in [1.54, 1.807) is 30.3 Å². The predicted molar refractivity (Wildman–Crippen MR) is 61.8 cm³/mol. The van der Waals surface area contributed by atoms with Gasteiger partial charge >= 0.3 is 0 Å². The Labute approximate surface area is 94.7 Å². The number of Topliss-reactive ketones (excluding diaryl/α,β-unsaturated/α-hetero) is 2. The molecule has 0 N–H and O–H groups in total. The van der Waals surface area contributed by atoms with E-state index in [1.807, 2.05) is 0 Å². The number of carbonyl (C=O) groups is 2. The zero-order valence-corrected chi connectivity index (χ0v) is 9.23. The van der Waals surface area contributed by atoms with Crippen LogP contribution in [0.3, 0.4) is 0 Å². The number of ketones is 2.